The first-order valence-electron chi connectivity index (χ1n) is 6.61. The largest absolute Gasteiger partial charge is 0.576 e. The third-order valence-corrected chi connectivity index (χ3v) is 2.65. The second kappa shape index (κ2) is 7.60. The topological polar surface area (TPSA) is 129 Å². The molecule has 0 spiro atoms. The fraction of sp³-hybridized carbons (Fsp3) is 0. The standard InChI is InChI=1S/C14H15BN4O4/c16-13(20)18-9-3-1-5-11(7-9)22-15-23-12-6-2-4-10(8-12)19-14(17)21/h1-8,15H,(H3,16,18,20)(H3,17,19,21). The number of hydrogen-bond acceptors (Lipinski definition) is 4. The molecule has 2 aromatic carbocycles. The number of hydrogen-bond donors (Lipinski definition) is 4. The van der Waals surface area contributed by atoms with Crippen LogP contribution in [0.4, 0.5) is 21.0 Å². The maximum absolute atomic E-state index is 10.8. The molecule has 2 rings (SSSR count). The third kappa shape index (κ3) is 5.50. The van der Waals surface area contributed by atoms with E-state index in [2.05, 4.69) is 10.6 Å². The van der Waals surface area contributed by atoms with E-state index < -0.39 is 12.1 Å². The van der Waals surface area contributed by atoms with Crippen LogP contribution in [0, 0.1) is 0 Å². The van der Waals surface area contributed by atoms with Crippen LogP contribution in [0.1, 0.15) is 0 Å². The molecule has 0 unspecified atom stereocenters. The Morgan fingerprint density at radius 3 is 1.65 bits per heavy atom. The molecular weight excluding hydrogens is 299 g/mol. The Bertz CT molecular complexity index is 651. The third-order valence-electron chi connectivity index (χ3n) is 2.65. The molecule has 0 aliphatic heterocycles. The predicted molar refractivity (Wildman–Crippen MR) is 87.7 cm³/mol. The van der Waals surface area contributed by atoms with Crippen LogP contribution in [0.2, 0.25) is 0 Å². The van der Waals surface area contributed by atoms with Crippen molar-refractivity contribution in [3.05, 3.63) is 48.5 Å². The minimum atomic E-state index is -0.655. The normalized spacial score (nSPS) is 9.57. The van der Waals surface area contributed by atoms with Gasteiger partial charge in [-0.2, -0.15) is 0 Å². The molecule has 0 heterocycles. The molecule has 0 saturated heterocycles. The Kier molecular flexibility index (Phi) is 5.29. The smallest absolute Gasteiger partial charge is 0.528 e. The van der Waals surface area contributed by atoms with Crippen molar-refractivity contribution in [3.8, 4) is 11.5 Å². The molecule has 0 atom stereocenters. The predicted octanol–water partition coefficient (Wildman–Crippen LogP) is 1.39. The summed E-state index contributed by atoms with van der Waals surface area (Å²) in [6, 6.07) is 12.1. The zero-order chi connectivity index (χ0) is 16.7. The highest BCUT2D eigenvalue weighted by Gasteiger charge is 2.03. The van der Waals surface area contributed by atoms with Crippen molar-refractivity contribution in [2.24, 2.45) is 11.5 Å². The van der Waals surface area contributed by atoms with E-state index in [1.54, 1.807) is 48.5 Å². The summed E-state index contributed by atoms with van der Waals surface area (Å²) in [6.07, 6.45) is 0. The molecule has 8 nitrogen and oxygen atoms in total. The van der Waals surface area contributed by atoms with Crippen LogP contribution >= 0.6 is 0 Å². The van der Waals surface area contributed by atoms with E-state index in [0.717, 1.165) is 0 Å². The molecule has 0 aliphatic rings. The van der Waals surface area contributed by atoms with Crippen LogP contribution < -0.4 is 31.4 Å². The van der Waals surface area contributed by atoms with E-state index in [9.17, 15) is 9.59 Å². The Balaban J connectivity index is 1.89. The highest BCUT2D eigenvalue weighted by molar-refractivity contribution is 6.20. The maximum Gasteiger partial charge on any atom is 0.576 e. The van der Waals surface area contributed by atoms with Crippen LogP contribution in [0.15, 0.2) is 48.5 Å². The summed E-state index contributed by atoms with van der Waals surface area (Å²) >= 11 is 0. The highest BCUT2D eigenvalue weighted by atomic mass is 16.6. The van der Waals surface area contributed by atoms with E-state index in [0.29, 0.717) is 22.9 Å². The van der Waals surface area contributed by atoms with E-state index in [1.165, 1.54) is 0 Å². The zero-order valence-corrected chi connectivity index (χ0v) is 12.1. The van der Waals surface area contributed by atoms with E-state index in [-0.39, 0.29) is 7.69 Å². The second-order valence-electron chi connectivity index (χ2n) is 4.44. The highest BCUT2D eigenvalue weighted by Crippen LogP contribution is 2.19. The van der Waals surface area contributed by atoms with Gasteiger partial charge >= 0.3 is 19.7 Å². The average molecular weight is 314 g/mol. The molecule has 0 aromatic heterocycles. The lowest BCUT2D eigenvalue weighted by molar-refractivity contribution is 0.258. The van der Waals surface area contributed by atoms with Gasteiger partial charge in [-0.1, -0.05) is 12.1 Å². The number of urea groups is 2. The first-order chi connectivity index (χ1) is 11.0. The summed E-state index contributed by atoms with van der Waals surface area (Å²) in [4.78, 5) is 21.6. The van der Waals surface area contributed by atoms with Crippen molar-refractivity contribution >= 4 is 31.1 Å². The summed E-state index contributed by atoms with van der Waals surface area (Å²) in [6.45, 7) is 0. The molecule has 0 radical (unpaired) electrons. The van der Waals surface area contributed by atoms with Gasteiger partial charge in [-0.3, -0.25) is 0 Å². The van der Waals surface area contributed by atoms with Gasteiger partial charge in [0.05, 0.1) is 0 Å². The summed E-state index contributed by atoms with van der Waals surface area (Å²) in [5.74, 6) is 1.00. The van der Waals surface area contributed by atoms with E-state index in [4.69, 9.17) is 20.8 Å². The van der Waals surface area contributed by atoms with Crippen LogP contribution in [-0.2, 0) is 0 Å². The fourth-order valence-corrected chi connectivity index (χ4v) is 1.78. The lowest BCUT2D eigenvalue weighted by atomic mass is 10.2. The van der Waals surface area contributed by atoms with Crippen molar-refractivity contribution in [1.82, 2.24) is 0 Å². The van der Waals surface area contributed by atoms with Crippen molar-refractivity contribution in [3.63, 3.8) is 0 Å². The van der Waals surface area contributed by atoms with Crippen molar-refractivity contribution < 1.29 is 18.9 Å². The number of nitrogens with two attached hydrogens (primary N) is 2. The number of amides is 4. The van der Waals surface area contributed by atoms with Gasteiger partial charge in [-0.15, -0.1) is 0 Å². The minimum absolute atomic E-state index is 0.0555. The van der Waals surface area contributed by atoms with Crippen LogP contribution in [0.5, 0.6) is 11.5 Å². The summed E-state index contributed by atoms with van der Waals surface area (Å²) in [5.41, 5.74) is 11.1. The Hall–Kier alpha value is -3.36. The molecule has 0 fully saturated rings. The lowest BCUT2D eigenvalue weighted by Crippen LogP contribution is -2.19. The van der Waals surface area contributed by atoms with Gasteiger partial charge in [-0.25, -0.2) is 9.59 Å². The molecule has 6 N–H and O–H groups in total. The van der Waals surface area contributed by atoms with Gasteiger partial charge in [0.25, 0.3) is 0 Å². The number of carbonyl (C=O) groups excluding carboxylic acids is 2. The zero-order valence-electron chi connectivity index (χ0n) is 12.1. The molecule has 0 aliphatic carbocycles. The van der Waals surface area contributed by atoms with Crippen LogP contribution in [0.3, 0.4) is 0 Å². The Morgan fingerprint density at radius 1 is 0.826 bits per heavy atom. The van der Waals surface area contributed by atoms with Gasteiger partial charge in [0, 0.05) is 23.5 Å². The van der Waals surface area contributed by atoms with E-state index in [1.807, 2.05) is 0 Å². The number of anilines is 2. The summed E-state index contributed by atoms with van der Waals surface area (Å²) < 4.78 is 10.9. The number of benzene rings is 2. The van der Waals surface area contributed by atoms with Crippen molar-refractivity contribution in [1.29, 1.82) is 0 Å². The molecule has 9 heteroatoms. The van der Waals surface area contributed by atoms with Gasteiger partial charge < -0.3 is 31.4 Å². The molecule has 2 aromatic rings. The Morgan fingerprint density at radius 2 is 1.26 bits per heavy atom. The van der Waals surface area contributed by atoms with Crippen molar-refractivity contribution in [2.75, 3.05) is 10.6 Å². The SMILES string of the molecule is NC(=O)Nc1cccc(OBOc2cccc(NC(N)=O)c2)c1. The maximum atomic E-state index is 10.8. The van der Waals surface area contributed by atoms with Crippen LogP contribution in [0.25, 0.3) is 0 Å². The fourth-order valence-electron chi connectivity index (χ4n) is 1.78. The lowest BCUT2D eigenvalue weighted by Gasteiger charge is -2.10. The van der Waals surface area contributed by atoms with Gasteiger partial charge in [0.1, 0.15) is 11.5 Å². The first-order valence-corrected chi connectivity index (χ1v) is 6.61. The number of nitrogens with one attached hydrogen (secondary N) is 2. The van der Waals surface area contributed by atoms with Gasteiger partial charge in [-0.05, 0) is 24.3 Å². The number of rotatable bonds is 6. The van der Waals surface area contributed by atoms with Gasteiger partial charge in [0.2, 0.25) is 0 Å². The minimum Gasteiger partial charge on any atom is -0.528 e. The Labute approximate surface area is 133 Å². The molecular formula is C14H15BN4O4. The molecule has 0 bridgehead atoms. The molecule has 118 valence electrons. The van der Waals surface area contributed by atoms with E-state index >= 15 is 0 Å². The molecule has 0 saturated carbocycles. The number of primary amides is 2. The van der Waals surface area contributed by atoms with Crippen molar-refractivity contribution in [2.45, 2.75) is 0 Å². The number of carbonyl (C=O) groups is 2. The first kappa shape index (κ1) is 16.0. The van der Waals surface area contributed by atoms with Gasteiger partial charge in [0.15, 0.2) is 0 Å². The molecule has 23 heavy (non-hydrogen) atoms. The monoisotopic (exact) mass is 314 g/mol. The molecule has 4 amide bonds. The average Bonchev–Trinajstić information content (AvgIpc) is 2.46. The summed E-state index contributed by atoms with van der Waals surface area (Å²) in [7, 11) is -0.0555. The summed E-state index contributed by atoms with van der Waals surface area (Å²) in [5, 5.41) is 4.89. The van der Waals surface area contributed by atoms with Crippen LogP contribution in [-0.4, -0.2) is 19.7 Å². The quantitative estimate of drug-likeness (QED) is 0.600. The second-order valence-corrected chi connectivity index (χ2v) is 4.44.